The molecule has 1 aromatic rings. The zero-order valence-corrected chi connectivity index (χ0v) is 26.4. The number of nitrogens with one attached hydrogen (secondary N) is 2. The number of aryl methyl sites for hydroxylation is 1. The summed E-state index contributed by atoms with van der Waals surface area (Å²) in [5.41, 5.74) is 0.261. The lowest BCUT2D eigenvalue weighted by atomic mass is 9.99. The summed E-state index contributed by atoms with van der Waals surface area (Å²) in [5, 5.41) is 15.5. The Morgan fingerprint density at radius 2 is 1.71 bits per heavy atom. The Labute approximate surface area is 250 Å². The van der Waals surface area contributed by atoms with Crippen molar-refractivity contribution in [3.8, 4) is 5.75 Å². The zero-order chi connectivity index (χ0) is 31.0. The van der Waals surface area contributed by atoms with Crippen molar-refractivity contribution in [2.24, 2.45) is 0 Å². The highest BCUT2D eigenvalue weighted by molar-refractivity contribution is 7.80. The smallest absolute Gasteiger partial charge is 0.408 e. The minimum Gasteiger partial charge on any atom is -0.508 e. The number of carbonyl (C=O) groups excluding carboxylic acids is 4. The van der Waals surface area contributed by atoms with Crippen LogP contribution in [0.25, 0.3) is 0 Å². The first-order valence-electron chi connectivity index (χ1n) is 14.5. The number of amides is 3. The Hall–Kier alpha value is -2.95. The van der Waals surface area contributed by atoms with Gasteiger partial charge >= 0.3 is 12.1 Å². The van der Waals surface area contributed by atoms with E-state index in [9.17, 15) is 24.3 Å². The third-order valence-electron chi connectivity index (χ3n) is 6.24. The van der Waals surface area contributed by atoms with Gasteiger partial charge in [-0.1, -0.05) is 45.1 Å². The molecule has 41 heavy (non-hydrogen) atoms. The molecule has 0 saturated heterocycles. The van der Waals surface area contributed by atoms with Gasteiger partial charge in [0.25, 0.3) is 0 Å². The standard InChI is InChI=1S/C30H49N3O7S/c1-7-9-10-11-12-13-18-33(28(37)23(20-41)32-29(38)40-30(4,5)6)26(22-14-15-24(34)21(3)19-22)27(36)31-17-16-25(35)39-8-2/h14-15,19,23,26,34,41H,7-13,16-18,20H2,1-6H3,(H,31,36)(H,32,38). The van der Waals surface area contributed by atoms with Crippen LogP contribution < -0.4 is 10.6 Å². The average Bonchev–Trinajstić information content (AvgIpc) is 2.89. The maximum atomic E-state index is 14.0. The summed E-state index contributed by atoms with van der Waals surface area (Å²) in [5.74, 6) is -1.38. The highest BCUT2D eigenvalue weighted by Crippen LogP contribution is 2.28. The van der Waals surface area contributed by atoms with E-state index in [-0.39, 0.29) is 37.6 Å². The molecule has 0 fully saturated rings. The summed E-state index contributed by atoms with van der Waals surface area (Å²) in [6.45, 7) is 11.2. The van der Waals surface area contributed by atoms with Crippen LogP contribution in [0.1, 0.15) is 96.7 Å². The summed E-state index contributed by atoms with van der Waals surface area (Å²) in [4.78, 5) is 53.5. The Morgan fingerprint density at radius 3 is 2.29 bits per heavy atom. The highest BCUT2D eigenvalue weighted by Gasteiger charge is 2.36. The van der Waals surface area contributed by atoms with Gasteiger partial charge in [-0.25, -0.2) is 4.79 Å². The molecule has 11 heteroatoms. The summed E-state index contributed by atoms with van der Waals surface area (Å²) >= 11 is 4.32. The zero-order valence-electron chi connectivity index (χ0n) is 25.5. The quantitative estimate of drug-likeness (QED) is 0.115. The van der Waals surface area contributed by atoms with Gasteiger partial charge in [0.2, 0.25) is 11.8 Å². The van der Waals surface area contributed by atoms with Gasteiger partial charge in [-0.3, -0.25) is 14.4 Å². The van der Waals surface area contributed by atoms with Gasteiger partial charge < -0.3 is 30.1 Å². The lowest BCUT2D eigenvalue weighted by Gasteiger charge is -2.34. The molecule has 3 N–H and O–H groups in total. The van der Waals surface area contributed by atoms with Crippen molar-refractivity contribution in [1.29, 1.82) is 0 Å². The van der Waals surface area contributed by atoms with Gasteiger partial charge in [0.15, 0.2) is 0 Å². The van der Waals surface area contributed by atoms with Crippen molar-refractivity contribution in [1.82, 2.24) is 15.5 Å². The summed E-state index contributed by atoms with van der Waals surface area (Å²) < 4.78 is 10.3. The van der Waals surface area contributed by atoms with Crippen molar-refractivity contribution >= 4 is 36.5 Å². The van der Waals surface area contributed by atoms with E-state index in [0.717, 1.165) is 32.1 Å². The molecule has 0 aliphatic carbocycles. The fourth-order valence-corrected chi connectivity index (χ4v) is 4.45. The number of ether oxygens (including phenoxy) is 2. The Balaban J connectivity index is 3.37. The Bertz CT molecular complexity index is 997. The van der Waals surface area contributed by atoms with E-state index < -0.39 is 41.6 Å². The van der Waals surface area contributed by atoms with Crippen LogP contribution in [0.15, 0.2) is 18.2 Å². The van der Waals surface area contributed by atoms with Crippen molar-refractivity contribution in [2.75, 3.05) is 25.4 Å². The first-order chi connectivity index (χ1) is 19.3. The van der Waals surface area contributed by atoms with Crippen LogP contribution in [0.4, 0.5) is 4.79 Å². The minimum absolute atomic E-state index is 0.0170. The van der Waals surface area contributed by atoms with Crippen molar-refractivity contribution in [3.05, 3.63) is 29.3 Å². The molecule has 0 bridgehead atoms. The number of phenols is 1. The van der Waals surface area contributed by atoms with E-state index in [4.69, 9.17) is 9.47 Å². The average molecular weight is 596 g/mol. The number of carbonyl (C=O) groups is 4. The molecule has 3 amide bonds. The molecule has 10 nitrogen and oxygen atoms in total. The van der Waals surface area contributed by atoms with Crippen LogP contribution in [-0.4, -0.2) is 71.0 Å². The molecule has 2 unspecified atom stereocenters. The molecular weight excluding hydrogens is 546 g/mol. The van der Waals surface area contributed by atoms with Crippen molar-refractivity contribution < 1.29 is 33.8 Å². The molecule has 0 aliphatic rings. The summed E-state index contributed by atoms with van der Waals surface area (Å²) in [6, 6.07) is 2.59. The molecule has 1 aromatic carbocycles. The number of phenolic OH excluding ortho intramolecular Hbond substituents is 1. The van der Waals surface area contributed by atoms with Crippen LogP contribution in [-0.2, 0) is 23.9 Å². The molecule has 0 saturated carbocycles. The van der Waals surface area contributed by atoms with E-state index in [0.29, 0.717) is 17.5 Å². The van der Waals surface area contributed by atoms with Gasteiger partial charge in [-0.2, -0.15) is 12.6 Å². The first kappa shape index (κ1) is 36.1. The fourth-order valence-electron chi connectivity index (χ4n) is 4.20. The molecule has 0 radical (unpaired) electrons. The number of nitrogens with zero attached hydrogens (tertiary/aromatic N) is 1. The third kappa shape index (κ3) is 13.5. The first-order valence-corrected chi connectivity index (χ1v) is 15.1. The number of esters is 1. The maximum Gasteiger partial charge on any atom is 0.408 e. The van der Waals surface area contributed by atoms with E-state index in [2.05, 4.69) is 30.2 Å². The molecule has 2 atom stereocenters. The van der Waals surface area contributed by atoms with Gasteiger partial charge in [0.1, 0.15) is 23.4 Å². The lowest BCUT2D eigenvalue weighted by Crippen LogP contribution is -2.54. The Morgan fingerprint density at radius 1 is 1.05 bits per heavy atom. The monoisotopic (exact) mass is 595 g/mol. The van der Waals surface area contributed by atoms with Crippen LogP contribution >= 0.6 is 12.6 Å². The molecule has 1 rings (SSSR count). The van der Waals surface area contributed by atoms with Gasteiger partial charge in [-0.05, 0) is 64.3 Å². The van der Waals surface area contributed by atoms with Crippen molar-refractivity contribution in [3.63, 3.8) is 0 Å². The highest BCUT2D eigenvalue weighted by atomic mass is 32.1. The number of aromatic hydroxyl groups is 1. The second-order valence-corrected chi connectivity index (χ2v) is 11.3. The molecule has 232 valence electrons. The number of hydrogen-bond donors (Lipinski definition) is 4. The Kier molecular flexibility index (Phi) is 16.3. The van der Waals surface area contributed by atoms with E-state index in [1.54, 1.807) is 46.8 Å². The number of hydrogen-bond acceptors (Lipinski definition) is 8. The van der Waals surface area contributed by atoms with Crippen LogP contribution in [0.3, 0.4) is 0 Å². The fraction of sp³-hybridized carbons (Fsp3) is 0.667. The SMILES string of the molecule is CCCCCCCCN(C(=O)C(CS)NC(=O)OC(C)(C)C)C(C(=O)NCCC(=O)OCC)c1ccc(O)c(C)c1. The van der Waals surface area contributed by atoms with E-state index >= 15 is 0 Å². The largest absolute Gasteiger partial charge is 0.508 e. The number of thiol groups is 1. The van der Waals surface area contributed by atoms with Crippen LogP contribution in [0.5, 0.6) is 5.75 Å². The number of unbranched alkanes of at least 4 members (excludes halogenated alkanes) is 5. The molecule has 0 spiro atoms. The molecule has 0 aromatic heterocycles. The normalized spacial score (nSPS) is 12.7. The lowest BCUT2D eigenvalue weighted by molar-refractivity contribution is -0.144. The molecular formula is C30H49N3O7S. The number of benzene rings is 1. The molecule has 0 aliphatic heterocycles. The predicted molar refractivity (Wildman–Crippen MR) is 162 cm³/mol. The summed E-state index contributed by atoms with van der Waals surface area (Å²) in [6.07, 6.45) is 5.04. The van der Waals surface area contributed by atoms with Gasteiger partial charge in [0.05, 0.1) is 13.0 Å². The minimum atomic E-state index is -1.08. The van der Waals surface area contributed by atoms with Crippen molar-refractivity contribution in [2.45, 2.75) is 104 Å². The van der Waals surface area contributed by atoms with Gasteiger partial charge in [-0.15, -0.1) is 0 Å². The molecule has 0 heterocycles. The number of rotatable bonds is 17. The topological polar surface area (TPSA) is 134 Å². The van der Waals surface area contributed by atoms with Gasteiger partial charge in [0, 0.05) is 18.8 Å². The van der Waals surface area contributed by atoms with E-state index in [1.165, 1.54) is 11.0 Å². The van der Waals surface area contributed by atoms with Crippen LogP contribution in [0, 0.1) is 6.92 Å². The van der Waals surface area contributed by atoms with Crippen LogP contribution in [0.2, 0.25) is 0 Å². The second-order valence-electron chi connectivity index (χ2n) is 11.0. The maximum absolute atomic E-state index is 14.0. The third-order valence-corrected chi connectivity index (χ3v) is 6.60. The number of alkyl carbamates (subject to hydrolysis) is 1. The summed E-state index contributed by atoms with van der Waals surface area (Å²) in [7, 11) is 0. The van der Waals surface area contributed by atoms with E-state index in [1.807, 2.05) is 0 Å². The second kappa shape index (κ2) is 18.5. The predicted octanol–water partition coefficient (Wildman–Crippen LogP) is 4.82.